The Kier molecular flexibility index (Phi) is 5.96. The van der Waals surface area contributed by atoms with E-state index in [2.05, 4.69) is 16.7 Å². The maximum absolute atomic E-state index is 12.0. The summed E-state index contributed by atoms with van der Waals surface area (Å²) in [5.74, 6) is -1.11. The van der Waals surface area contributed by atoms with Crippen molar-refractivity contribution in [1.29, 1.82) is 0 Å². The Morgan fingerprint density at radius 1 is 1.19 bits per heavy atom. The summed E-state index contributed by atoms with van der Waals surface area (Å²) in [4.78, 5) is 23.9. The van der Waals surface area contributed by atoms with Gasteiger partial charge in [-0.25, -0.2) is 0 Å². The molecule has 1 aliphatic carbocycles. The molecule has 3 rings (SSSR count). The summed E-state index contributed by atoms with van der Waals surface area (Å²) < 4.78 is 5.65. The Morgan fingerprint density at radius 2 is 1.96 bits per heavy atom. The largest absolute Gasteiger partial charge is 0.458 e. The Bertz CT molecular complexity index is 818. The molecule has 1 unspecified atom stereocenters. The molecule has 0 saturated carbocycles. The molecule has 2 aromatic rings. The number of rotatable bonds is 6. The number of allylic oxidation sites excluding steroid dienone is 1. The second-order valence-corrected chi connectivity index (χ2v) is 7.22. The topological polar surface area (TPSA) is 91.6 Å². The van der Waals surface area contributed by atoms with E-state index in [1.54, 1.807) is 13.0 Å². The molecule has 2 amide bonds. The van der Waals surface area contributed by atoms with Gasteiger partial charge in [-0.05, 0) is 51.2 Å². The molecule has 0 aliphatic heterocycles. The zero-order chi connectivity index (χ0) is 19.3. The van der Waals surface area contributed by atoms with E-state index in [4.69, 9.17) is 4.42 Å². The minimum Gasteiger partial charge on any atom is -0.458 e. The molecular formula is C21H26N2O4. The summed E-state index contributed by atoms with van der Waals surface area (Å²) in [5, 5.41) is 16.6. The van der Waals surface area contributed by atoms with Crippen LogP contribution in [-0.2, 0) is 15.2 Å². The number of aliphatic hydroxyl groups is 1. The number of amides is 2. The van der Waals surface area contributed by atoms with Crippen molar-refractivity contribution in [3.8, 4) is 0 Å². The highest BCUT2D eigenvalue weighted by Gasteiger charge is 2.29. The molecule has 0 bridgehead atoms. The van der Waals surface area contributed by atoms with Crippen LogP contribution in [0, 0.1) is 0 Å². The fourth-order valence-electron chi connectivity index (χ4n) is 3.22. The molecule has 0 spiro atoms. The van der Waals surface area contributed by atoms with E-state index < -0.39 is 17.4 Å². The number of carbonyl (C=O) groups is 2. The third-order valence-corrected chi connectivity index (χ3v) is 4.87. The van der Waals surface area contributed by atoms with Crippen LogP contribution in [0.4, 0.5) is 0 Å². The third-order valence-electron chi connectivity index (χ3n) is 4.87. The van der Waals surface area contributed by atoms with Crippen LogP contribution in [-0.4, -0.2) is 30.0 Å². The average Bonchev–Trinajstić information content (AvgIpc) is 3.12. The first kappa shape index (κ1) is 19.2. The van der Waals surface area contributed by atoms with Gasteiger partial charge in [0.2, 0.25) is 0 Å². The van der Waals surface area contributed by atoms with Crippen molar-refractivity contribution in [2.45, 2.75) is 44.6 Å². The summed E-state index contributed by atoms with van der Waals surface area (Å²) in [6, 6.07) is 9.15. The molecule has 1 aliphatic rings. The van der Waals surface area contributed by atoms with Crippen LogP contribution in [0.1, 0.15) is 44.8 Å². The third kappa shape index (κ3) is 4.98. The number of fused-ring (bicyclic) bond motifs is 1. The average molecular weight is 370 g/mol. The summed E-state index contributed by atoms with van der Waals surface area (Å²) in [7, 11) is 0. The molecule has 3 N–H and O–H groups in total. The highest BCUT2D eigenvalue weighted by Crippen LogP contribution is 2.27. The molecule has 0 saturated heterocycles. The molecule has 6 nitrogen and oxygen atoms in total. The van der Waals surface area contributed by atoms with E-state index in [9.17, 15) is 14.7 Å². The molecule has 1 heterocycles. The molecule has 144 valence electrons. The van der Waals surface area contributed by atoms with Gasteiger partial charge in [0, 0.05) is 11.9 Å². The molecule has 0 fully saturated rings. The smallest absolute Gasteiger partial charge is 0.309 e. The van der Waals surface area contributed by atoms with Crippen molar-refractivity contribution in [2.24, 2.45) is 0 Å². The van der Waals surface area contributed by atoms with Gasteiger partial charge < -0.3 is 20.2 Å². The number of nitrogens with one attached hydrogen (secondary N) is 2. The molecule has 1 atom stereocenters. The van der Waals surface area contributed by atoms with Crippen LogP contribution >= 0.6 is 0 Å². The lowest BCUT2D eigenvalue weighted by Gasteiger charge is -2.21. The fraction of sp³-hybridized carbons (Fsp3) is 0.429. The van der Waals surface area contributed by atoms with Gasteiger partial charge in [-0.15, -0.1) is 0 Å². The predicted molar refractivity (Wildman–Crippen MR) is 103 cm³/mol. The summed E-state index contributed by atoms with van der Waals surface area (Å²) in [6.45, 7) is 1.86. The normalized spacial score (nSPS) is 16.4. The first-order valence-corrected chi connectivity index (χ1v) is 9.41. The highest BCUT2D eigenvalue weighted by molar-refractivity contribution is 6.35. The molecule has 0 radical (unpaired) electrons. The van der Waals surface area contributed by atoms with E-state index in [0.717, 1.165) is 24.6 Å². The Balaban J connectivity index is 1.48. The second kappa shape index (κ2) is 8.39. The van der Waals surface area contributed by atoms with Crippen LogP contribution in [0.5, 0.6) is 0 Å². The Hall–Kier alpha value is -2.60. The predicted octanol–water partition coefficient (Wildman–Crippen LogP) is 2.76. The molecule has 6 heteroatoms. The fourth-order valence-corrected chi connectivity index (χ4v) is 3.22. The lowest BCUT2D eigenvalue weighted by atomic mass is 9.97. The van der Waals surface area contributed by atoms with Crippen molar-refractivity contribution in [1.82, 2.24) is 10.6 Å². The van der Waals surface area contributed by atoms with Gasteiger partial charge >= 0.3 is 11.8 Å². The number of furan rings is 1. The molecule has 27 heavy (non-hydrogen) atoms. The van der Waals surface area contributed by atoms with Gasteiger partial charge in [0.1, 0.15) is 16.9 Å². The number of carbonyl (C=O) groups excluding carboxylic acids is 2. The van der Waals surface area contributed by atoms with Crippen molar-refractivity contribution in [2.75, 3.05) is 13.1 Å². The van der Waals surface area contributed by atoms with Crippen molar-refractivity contribution in [3.05, 3.63) is 47.7 Å². The number of hydrogen-bond acceptors (Lipinski definition) is 4. The van der Waals surface area contributed by atoms with Gasteiger partial charge in [0.15, 0.2) is 0 Å². The lowest BCUT2D eigenvalue weighted by Crippen LogP contribution is -2.45. The van der Waals surface area contributed by atoms with Crippen LogP contribution in [0.15, 0.2) is 46.4 Å². The van der Waals surface area contributed by atoms with Crippen molar-refractivity contribution in [3.63, 3.8) is 0 Å². The van der Waals surface area contributed by atoms with E-state index in [1.165, 1.54) is 18.4 Å². The minimum absolute atomic E-state index is 0.121. The summed E-state index contributed by atoms with van der Waals surface area (Å²) >= 11 is 0. The van der Waals surface area contributed by atoms with Gasteiger partial charge in [-0.3, -0.25) is 9.59 Å². The van der Waals surface area contributed by atoms with Gasteiger partial charge in [-0.2, -0.15) is 0 Å². The van der Waals surface area contributed by atoms with E-state index in [-0.39, 0.29) is 6.54 Å². The first-order chi connectivity index (χ1) is 13.0. The van der Waals surface area contributed by atoms with E-state index in [1.807, 2.05) is 24.3 Å². The maximum Gasteiger partial charge on any atom is 0.309 e. The van der Waals surface area contributed by atoms with Gasteiger partial charge in [0.05, 0.1) is 6.54 Å². The standard InChI is InChI=1S/C21H26N2O4/c1-21(26,18-13-16-9-5-6-10-17(16)27-18)14-23-20(25)19(24)22-12-11-15-7-3-2-4-8-15/h5-7,9-10,13,26H,2-4,8,11-12,14H2,1H3,(H,22,24)(H,23,25). The van der Waals surface area contributed by atoms with Crippen molar-refractivity contribution < 1.29 is 19.1 Å². The minimum atomic E-state index is -1.41. The zero-order valence-electron chi connectivity index (χ0n) is 15.6. The zero-order valence-corrected chi connectivity index (χ0v) is 15.6. The van der Waals surface area contributed by atoms with Crippen LogP contribution in [0.2, 0.25) is 0 Å². The quantitative estimate of drug-likeness (QED) is 0.539. The number of benzene rings is 1. The Morgan fingerprint density at radius 3 is 2.70 bits per heavy atom. The van der Waals surface area contributed by atoms with Crippen molar-refractivity contribution >= 4 is 22.8 Å². The van der Waals surface area contributed by atoms with E-state index in [0.29, 0.717) is 17.9 Å². The van der Waals surface area contributed by atoms with Crippen LogP contribution in [0.3, 0.4) is 0 Å². The Labute approximate surface area is 158 Å². The monoisotopic (exact) mass is 370 g/mol. The lowest BCUT2D eigenvalue weighted by molar-refractivity contribution is -0.139. The highest BCUT2D eigenvalue weighted by atomic mass is 16.4. The van der Waals surface area contributed by atoms with E-state index >= 15 is 0 Å². The number of para-hydroxylation sites is 1. The molecule has 1 aromatic heterocycles. The second-order valence-electron chi connectivity index (χ2n) is 7.22. The van der Waals surface area contributed by atoms with Crippen LogP contribution < -0.4 is 10.6 Å². The summed E-state index contributed by atoms with van der Waals surface area (Å²) in [6.07, 6.45) is 7.58. The van der Waals surface area contributed by atoms with Crippen LogP contribution in [0.25, 0.3) is 11.0 Å². The molecule has 1 aromatic carbocycles. The summed E-state index contributed by atoms with van der Waals surface area (Å²) in [5.41, 5.74) is 0.589. The first-order valence-electron chi connectivity index (χ1n) is 9.41. The number of hydrogen-bond donors (Lipinski definition) is 3. The maximum atomic E-state index is 12.0. The van der Waals surface area contributed by atoms with Gasteiger partial charge in [0.25, 0.3) is 0 Å². The van der Waals surface area contributed by atoms with Gasteiger partial charge in [-0.1, -0.05) is 29.8 Å². The SMILES string of the molecule is CC(O)(CNC(=O)C(=O)NCCC1=CCCCC1)c1cc2ccccc2o1. The molecular weight excluding hydrogens is 344 g/mol.